The molecule has 0 atom stereocenters. The number of carboxylic acid groups (broad SMARTS) is 1. The van der Waals surface area contributed by atoms with Crippen molar-refractivity contribution in [3.63, 3.8) is 0 Å². The van der Waals surface area contributed by atoms with Crippen molar-refractivity contribution in [3.8, 4) is 0 Å². The second-order valence-corrected chi connectivity index (χ2v) is 4.81. The van der Waals surface area contributed by atoms with Crippen molar-refractivity contribution < 1.29 is 9.90 Å². The summed E-state index contributed by atoms with van der Waals surface area (Å²) in [6.07, 6.45) is 1.99. The lowest BCUT2D eigenvalue weighted by Gasteiger charge is -2.02. The molecule has 0 unspecified atom stereocenters. The van der Waals surface area contributed by atoms with Crippen LogP contribution in [0.15, 0.2) is 41.9 Å². The first-order chi connectivity index (χ1) is 8.74. The minimum absolute atomic E-state index is 0.140. The predicted octanol–water partition coefficient (Wildman–Crippen LogP) is 2.84. The standard InChI is InChI=1S/C13H10N2O2S/c16-13(17)12-14-10(8-18-12)7-15-6-5-9-3-1-2-4-11(9)15/h1-6,8H,7H2,(H,16,17). The molecule has 4 nitrogen and oxygen atoms in total. The number of rotatable bonds is 3. The molecule has 2 aromatic heterocycles. The van der Waals surface area contributed by atoms with Gasteiger partial charge in [0.05, 0.1) is 12.2 Å². The van der Waals surface area contributed by atoms with Crippen molar-refractivity contribution in [1.29, 1.82) is 0 Å². The van der Waals surface area contributed by atoms with Crippen LogP contribution in [-0.4, -0.2) is 20.6 Å². The molecule has 0 radical (unpaired) electrons. The van der Waals surface area contributed by atoms with Gasteiger partial charge in [0.25, 0.3) is 0 Å². The average Bonchev–Trinajstić information content (AvgIpc) is 2.98. The summed E-state index contributed by atoms with van der Waals surface area (Å²) >= 11 is 1.16. The van der Waals surface area contributed by atoms with E-state index in [2.05, 4.69) is 15.6 Å². The van der Waals surface area contributed by atoms with Crippen LogP contribution in [0, 0.1) is 0 Å². The summed E-state index contributed by atoms with van der Waals surface area (Å²) in [4.78, 5) is 14.9. The van der Waals surface area contributed by atoms with Crippen LogP contribution in [0.1, 0.15) is 15.5 Å². The van der Waals surface area contributed by atoms with Gasteiger partial charge in [-0.15, -0.1) is 11.3 Å². The molecular weight excluding hydrogens is 248 g/mol. The molecule has 18 heavy (non-hydrogen) atoms. The van der Waals surface area contributed by atoms with E-state index in [9.17, 15) is 4.79 Å². The summed E-state index contributed by atoms with van der Waals surface area (Å²) in [6.45, 7) is 0.595. The lowest BCUT2D eigenvalue weighted by atomic mass is 10.2. The molecule has 3 rings (SSSR count). The lowest BCUT2D eigenvalue weighted by molar-refractivity contribution is 0.0696. The molecule has 1 aromatic carbocycles. The number of carboxylic acids is 1. The molecule has 0 aliphatic carbocycles. The van der Waals surface area contributed by atoms with Crippen molar-refractivity contribution in [2.45, 2.75) is 6.54 Å². The zero-order chi connectivity index (χ0) is 12.5. The van der Waals surface area contributed by atoms with E-state index in [0.717, 1.165) is 22.5 Å². The number of fused-ring (bicyclic) bond motifs is 1. The molecular formula is C13H10N2O2S. The second-order valence-electron chi connectivity index (χ2n) is 3.95. The Bertz CT molecular complexity index is 714. The van der Waals surface area contributed by atoms with Crippen LogP contribution in [0.4, 0.5) is 0 Å². The Morgan fingerprint density at radius 3 is 2.94 bits per heavy atom. The molecule has 5 heteroatoms. The number of benzene rings is 1. The molecule has 1 N–H and O–H groups in total. The van der Waals surface area contributed by atoms with Gasteiger partial charge in [-0.25, -0.2) is 9.78 Å². The number of aromatic carboxylic acids is 1. The third kappa shape index (κ3) is 1.89. The summed E-state index contributed by atoms with van der Waals surface area (Å²) in [5.41, 5.74) is 1.90. The molecule has 3 aromatic rings. The highest BCUT2D eigenvalue weighted by Gasteiger charge is 2.09. The summed E-state index contributed by atoms with van der Waals surface area (Å²) < 4.78 is 2.07. The highest BCUT2D eigenvalue weighted by molar-refractivity contribution is 7.11. The van der Waals surface area contributed by atoms with E-state index >= 15 is 0 Å². The fourth-order valence-corrected chi connectivity index (χ4v) is 2.58. The number of aromatic nitrogens is 2. The maximum Gasteiger partial charge on any atom is 0.365 e. The van der Waals surface area contributed by atoms with Gasteiger partial charge in [-0.1, -0.05) is 18.2 Å². The van der Waals surface area contributed by atoms with Crippen LogP contribution >= 0.6 is 11.3 Å². The molecule has 0 aliphatic heterocycles. The number of hydrogen-bond donors (Lipinski definition) is 1. The summed E-state index contributed by atoms with van der Waals surface area (Å²) in [7, 11) is 0. The van der Waals surface area contributed by atoms with Gasteiger partial charge < -0.3 is 9.67 Å². The molecule has 0 saturated carbocycles. The van der Waals surface area contributed by atoms with Crippen LogP contribution < -0.4 is 0 Å². The molecule has 0 saturated heterocycles. The van der Waals surface area contributed by atoms with Crippen molar-refractivity contribution >= 4 is 28.2 Å². The second kappa shape index (κ2) is 4.27. The fourth-order valence-electron chi connectivity index (χ4n) is 1.93. The number of thiazole rings is 1. The van der Waals surface area contributed by atoms with Crippen molar-refractivity contribution in [1.82, 2.24) is 9.55 Å². The Morgan fingerprint density at radius 1 is 1.33 bits per heavy atom. The summed E-state index contributed by atoms with van der Waals surface area (Å²) in [5.74, 6) is -0.969. The molecule has 0 fully saturated rings. The number of nitrogens with zero attached hydrogens (tertiary/aromatic N) is 2. The largest absolute Gasteiger partial charge is 0.476 e. The first-order valence-electron chi connectivity index (χ1n) is 5.45. The van der Waals surface area contributed by atoms with Crippen LogP contribution in [0.3, 0.4) is 0 Å². The van der Waals surface area contributed by atoms with E-state index in [1.807, 2.05) is 30.5 Å². The van der Waals surface area contributed by atoms with Crippen molar-refractivity contribution in [2.24, 2.45) is 0 Å². The van der Waals surface area contributed by atoms with Gasteiger partial charge in [0.15, 0.2) is 0 Å². The van der Waals surface area contributed by atoms with Crippen LogP contribution in [0.25, 0.3) is 10.9 Å². The first-order valence-corrected chi connectivity index (χ1v) is 6.33. The van der Waals surface area contributed by atoms with Crippen molar-refractivity contribution in [2.75, 3.05) is 0 Å². The van der Waals surface area contributed by atoms with E-state index in [-0.39, 0.29) is 5.01 Å². The first kappa shape index (κ1) is 11.0. The maximum absolute atomic E-state index is 10.8. The van der Waals surface area contributed by atoms with Crippen LogP contribution in [0.2, 0.25) is 0 Å². The predicted molar refractivity (Wildman–Crippen MR) is 70.1 cm³/mol. The smallest absolute Gasteiger partial charge is 0.365 e. The third-order valence-electron chi connectivity index (χ3n) is 2.75. The normalized spacial score (nSPS) is 10.9. The summed E-state index contributed by atoms with van der Waals surface area (Å²) in [6, 6.07) is 10.1. The number of carbonyl (C=O) groups is 1. The quantitative estimate of drug-likeness (QED) is 0.786. The highest BCUT2D eigenvalue weighted by atomic mass is 32.1. The minimum Gasteiger partial charge on any atom is -0.476 e. The monoisotopic (exact) mass is 258 g/mol. The Labute approximate surface area is 107 Å². The SMILES string of the molecule is O=C(O)c1nc(Cn2ccc3ccccc32)cs1. The van der Waals surface area contributed by atoms with Gasteiger partial charge >= 0.3 is 5.97 Å². The topological polar surface area (TPSA) is 55.1 Å². The molecule has 0 aliphatic rings. The highest BCUT2D eigenvalue weighted by Crippen LogP contribution is 2.17. The van der Waals surface area contributed by atoms with E-state index in [1.54, 1.807) is 5.38 Å². The van der Waals surface area contributed by atoms with Gasteiger partial charge in [0, 0.05) is 17.1 Å². The summed E-state index contributed by atoms with van der Waals surface area (Å²) in [5, 5.41) is 11.9. The van der Waals surface area contributed by atoms with Gasteiger partial charge in [0.1, 0.15) is 0 Å². The van der Waals surface area contributed by atoms with Gasteiger partial charge in [0.2, 0.25) is 5.01 Å². The Kier molecular flexibility index (Phi) is 2.60. The minimum atomic E-state index is -0.969. The van der Waals surface area contributed by atoms with E-state index in [0.29, 0.717) is 6.54 Å². The number of para-hydroxylation sites is 1. The van der Waals surface area contributed by atoms with Gasteiger partial charge in [-0.3, -0.25) is 0 Å². The van der Waals surface area contributed by atoms with Crippen LogP contribution in [-0.2, 0) is 6.54 Å². The molecule has 2 heterocycles. The third-order valence-corrected chi connectivity index (χ3v) is 3.63. The average molecular weight is 258 g/mol. The maximum atomic E-state index is 10.8. The zero-order valence-corrected chi connectivity index (χ0v) is 10.2. The lowest BCUT2D eigenvalue weighted by Crippen LogP contribution is -2.00. The molecule has 0 spiro atoms. The fraction of sp³-hybridized carbons (Fsp3) is 0.0769. The van der Waals surface area contributed by atoms with E-state index in [4.69, 9.17) is 5.11 Å². The van der Waals surface area contributed by atoms with E-state index in [1.165, 1.54) is 5.39 Å². The zero-order valence-electron chi connectivity index (χ0n) is 9.41. The Hall–Kier alpha value is -2.14. The molecule has 90 valence electrons. The number of hydrogen-bond acceptors (Lipinski definition) is 3. The van der Waals surface area contributed by atoms with Gasteiger partial charge in [-0.2, -0.15) is 0 Å². The molecule has 0 amide bonds. The Balaban J connectivity index is 1.93. The van der Waals surface area contributed by atoms with Crippen LogP contribution in [0.5, 0.6) is 0 Å². The molecule has 0 bridgehead atoms. The Morgan fingerprint density at radius 2 is 2.17 bits per heavy atom. The van der Waals surface area contributed by atoms with E-state index < -0.39 is 5.97 Å². The van der Waals surface area contributed by atoms with Crippen molar-refractivity contribution in [3.05, 3.63) is 52.6 Å². The van der Waals surface area contributed by atoms with Gasteiger partial charge in [-0.05, 0) is 17.5 Å².